The zero-order chi connectivity index (χ0) is 13.7. The second kappa shape index (κ2) is 6.19. The first kappa shape index (κ1) is 13.4. The lowest BCUT2D eigenvalue weighted by atomic mass is 10.1. The fourth-order valence-corrected chi connectivity index (χ4v) is 2.15. The number of para-hydroxylation sites is 1. The number of aliphatic hydroxyl groups is 1. The lowest BCUT2D eigenvalue weighted by Gasteiger charge is -2.32. The van der Waals surface area contributed by atoms with Crippen molar-refractivity contribution in [1.29, 1.82) is 0 Å². The largest absolute Gasteiger partial charge is 0.393 e. The Bertz CT molecular complexity index is 474. The fourth-order valence-electron chi connectivity index (χ4n) is 2.15. The van der Waals surface area contributed by atoms with E-state index in [1.165, 1.54) is 0 Å². The van der Waals surface area contributed by atoms with Gasteiger partial charge < -0.3 is 21.5 Å². The zero-order valence-corrected chi connectivity index (χ0v) is 10.7. The molecule has 1 aromatic rings. The van der Waals surface area contributed by atoms with Crippen molar-refractivity contribution in [3.05, 3.63) is 29.8 Å². The van der Waals surface area contributed by atoms with E-state index in [1.807, 2.05) is 24.3 Å². The molecular formula is C13H19N5O. The SMILES string of the molecule is NC(N)=NN=Cc1ccccc1N1CCC(O)CC1. The van der Waals surface area contributed by atoms with E-state index in [-0.39, 0.29) is 12.1 Å². The summed E-state index contributed by atoms with van der Waals surface area (Å²) in [6, 6.07) is 7.93. The quantitative estimate of drug-likeness (QED) is 0.412. The molecule has 0 aliphatic carbocycles. The number of rotatable bonds is 3. The van der Waals surface area contributed by atoms with Gasteiger partial charge in [0, 0.05) is 24.3 Å². The van der Waals surface area contributed by atoms with Crippen LogP contribution in [0.4, 0.5) is 5.69 Å². The first-order valence-corrected chi connectivity index (χ1v) is 6.31. The summed E-state index contributed by atoms with van der Waals surface area (Å²) in [5, 5.41) is 17.0. The molecule has 0 saturated carbocycles. The van der Waals surface area contributed by atoms with Crippen molar-refractivity contribution in [2.75, 3.05) is 18.0 Å². The standard InChI is InChI=1S/C13H19N5O/c14-13(15)17-16-9-10-3-1-2-4-12(10)18-7-5-11(19)6-8-18/h1-4,9,11,19H,5-8H2,(H4,14,15,17). The van der Waals surface area contributed by atoms with Crippen LogP contribution in [0.1, 0.15) is 18.4 Å². The maximum absolute atomic E-state index is 9.55. The van der Waals surface area contributed by atoms with E-state index in [1.54, 1.807) is 6.21 Å². The molecule has 5 N–H and O–H groups in total. The molecule has 0 unspecified atom stereocenters. The van der Waals surface area contributed by atoms with E-state index >= 15 is 0 Å². The van der Waals surface area contributed by atoms with Crippen LogP contribution in [0.3, 0.4) is 0 Å². The number of benzene rings is 1. The highest BCUT2D eigenvalue weighted by atomic mass is 16.3. The van der Waals surface area contributed by atoms with Crippen LogP contribution in [-0.2, 0) is 0 Å². The second-order valence-corrected chi connectivity index (χ2v) is 4.55. The topological polar surface area (TPSA) is 100 Å². The van der Waals surface area contributed by atoms with Gasteiger partial charge in [-0.05, 0) is 18.9 Å². The Labute approximate surface area is 112 Å². The number of anilines is 1. The third kappa shape index (κ3) is 3.69. The van der Waals surface area contributed by atoms with Crippen molar-refractivity contribution < 1.29 is 5.11 Å². The Morgan fingerprint density at radius 1 is 1.26 bits per heavy atom. The summed E-state index contributed by atoms with van der Waals surface area (Å²) in [4.78, 5) is 2.24. The molecule has 1 heterocycles. The number of hydrogen-bond acceptors (Lipinski definition) is 4. The minimum Gasteiger partial charge on any atom is -0.393 e. The first-order chi connectivity index (χ1) is 9.16. The summed E-state index contributed by atoms with van der Waals surface area (Å²) in [5.41, 5.74) is 12.5. The molecule has 19 heavy (non-hydrogen) atoms. The zero-order valence-electron chi connectivity index (χ0n) is 10.7. The molecule has 102 valence electrons. The van der Waals surface area contributed by atoms with Crippen LogP contribution in [0, 0.1) is 0 Å². The molecule has 2 rings (SSSR count). The Balaban J connectivity index is 2.16. The normalized spacial score (nSPS) is 16.8. The predicted octanol–water partition coefficient (Wildman–Crippen LogP) is 0.255. The highest BCUT2D eigenvalue weighted by molar-refractivity contribution is 5.88. The lowest BCUT2D eigenvalue weighted by Crippen LogP contribution is -2.36. The Morgan fingerprint density at radius 2 is 1.95 bits per heavy atom. The van der Waals surface area contributed by atoms with Gasteiger partial charge >= 0.3 is 0 Å². The molecule has 1 saturated heterocycles. The summed E-state index contributed by atoms with van der Waals surface area (Å²) in [6.45, 7) is 1.68. The molecule has 1 aromatic carbocycles. The minimum atomic E-state index is -0.182. The average Bonchev–Trinajstić information content (AvgIpc) is 2.40. The van der Waals surface area contributed by atoms with Gasteiger partial charge in [0.2, 0.25) is 5.96 Å². The maximum atomic E-state index is 9.55. The highest BCUT2D eigenvalue weighted by Crippen LogP contribution is 2.23. The minimum absolute atomic E-state index is 0.0603. The summed E-state index contributed by atoms with van der Waals surface area (Å²) < 4.78 is 0. The fraction of sp³-hybridized carbons (Fsp3) is 0.385. The van der Waals surface area contributed by atoms with Gasteiger partial charge in [0.15, 0.2) is 0 Å². The van der Waals surface area contributed by atoms with Crippen molar-refractivity contribution in [2.45, 2.75) is 18.9 Å². The van der Waals surface area contributed by atoms with Crippen molar-refractivity contribution in [3.63, 3.8) is 0 Å². The van der Waals surface area contributed by atoms with E-state index < -0.39 is 0 Å². The van der Waals surface area contributed by atoms with E-state index in [9.17, 15) is 5.11 Å². The number of aliphatic hydroxyl groups excluding tert-OH is 1. The monoisotopic (exact) mass is 261 g/mol. The first-order valence-electron chi connectivity index (χ1n) is 6.31. The smallest absolute Gasteiger partial charge is 0.211 e. The van der Waals surface area contributed by atoms with Gasteiger partial charge in [-0.1, -0.05) is 18.2 Å². The van der Waals surface area contributed by atoms with Gasteiger partial charge in [-0.3, -0.25) is 0 Å². The second-order valence-electron chi connectivity index (χ2n) is 4.55. The molecule has 1 aliphatic heterocycles. The molecule has 0 aromatic heterocycles. The van der Waals surface area contributed by atoms with Gasteiger partial charge in [-0.2, -0.15) is 5.10 Å². The molecule has 1 aliphatic rings. The van der Waals surface area contributed by atoms with Crippen LogP contribution in [-0.4, -0.2) is 36.5 Å². The Kier molecular flexibility index (Phi) is 4.35. The molecular weight excluding hydrogens is 242 g/mol. The highest BCUT2D eigenvalue weighted by Gasteiger charge is 2.18. The molecule has 0 spiro atoms. The average molecular weight is 261 g/mol. The summed E-state index contributed by atoms with van der Waals surface area (Å²) in [7, 11) is 0. The van der Waals surface area contributed by atoms with Crippen molar-refractivity contribution in [3.8, 4) is 0 Å². The summed E-state index contributed by atoms with van der Waals surface area (Å²) >= 11 is 0. The van der Waals surface area contributed by atoms with E-state index in [0.717, 1.165) is 37.2 Å². The molecule has 0 atom stereocenters. The number of nitrogens with zero attached hydrogens (tertiary/aromatic N) is 3. The van der Waals surface area contributed by atoms with Crippen molar-refractivity contribution in [1.82, 2.24) is 0 Å². The van der Waals surface area contributed by atoms with E-state index in [0.29, 0.717) is 0 Å². The van der Waals surface area contributed by atoms with Crippen LogP contribution in [0.15, 0.2) is 34.5 Å². The Hall–Kier alpha value is -2.08. The molecule has 1 fully saturated rings. The number of piperidine rings is 1. The maximum Gasteiger partial charge on any atom is 0.211 e. The molecule has 0 radical (unpaired) electrons. The predicted molar refractivity (Wildman–Crippen MR) is 77.3 cm³/mol. The third-order valence-electron chi connectivity index (χ3n) is 3.11. The van der Waals surface area contributed by atoms with Crippen LogP contribution >= 0.6 is 0 Å². The van der Waals surface area contributed by atoms with Crippen LogP contribution in [0.5, 0.6) is 0 Å². The van der Waals surface area contributed by atoms with Gasteiger partial charge in [0.1, 0.15) is 0 Å². The van der Waals surface area contributed by atoms with Gasteiger partial charge in [0.05, 0.1) is 12.3 Å². The molecule has 0 amide bonds. The number of guanidine groups is 1. The molecule has 0 bridgehead atoms. The van der Waals surface area contributed by atoms with Crippen LogP contribution in [0.25, 0.3) is 0 Å². The number of hydrogen-bond donors (Lipinski definition) is 3. The van der Waals surface area contributed by atoms with Crippen LogP contribution < -0.4 is 16.4 Å². The number of nitrogens with two attached hydrogens (primary N) is 2. The van der Waals surface area contributed by atoms with E-state index in [2.05, 4.69) is 15.1 Å². The molecule has 6 nitrogen and oxygen atoms in total. The van der Waals surface area contributed by atoms with Crippen molar-refractivity contribution >= 4 is 17.9 Å². The van der Waals surface area contributed by atoms with Crippen LogP contribution in [0.2, 0.25) is 0 Å². The molecule has 6 heteroatoms. The van der Waals surface area contributed by atoms with Crippen molar-refractivity contribution in [2.24, 2.45) is 21.7 Å². The summed E-state index contributed by atoms with van der Waals surface area (Å²) in [5.74, 6) is -0.0603. The summed E-state index contributed by atoms with van der Waals surface area (Å²) in [6.07, 6.45) is 3.04. The lowest BCUT2D eigenvalue weighted by molar-refractivity contribution is 0.145. The van der Waals surface area contributed by atoms with E-state index in [4.69, 9.17) is 11.5 Å². The van der Waals surface area contributed by atoms with Gasteiger partial charge in [-0.15, -0.1) is 5.10 Å². The van der Waals surface area contributed by atoms with Gasteiger partial charge in [-0.25, -0.2) is 0 Å². The Morgan fingerprint density at radius 3 is 2.63 bits per heavy atom. The third-order valence-corrected chi connectivity index (χ3v) is 3.11. The van der Waals surface area contributed by atoms with Gasteiger partial charge in [0.25, 0.3) is 0 Å².